The lowest BCUT2D eigenvalue weighted by Crippen LogP contribution is -2.26. The number of amides is 1. The van der Waals surface area contributed by atoms with Gasteiger partial charge in [-0.3, -0.25) is 4.79 Å². The Morgan fingerprint density at radius 1 is 1.05 bits per heavy atom. The van der Waals surface area contributed by atoms with E-state index in [4.69, 9.17) is 5.73 Å². The Kier molecular flexibility index (Phi) is 4.18. The van der Waals surface area contributed by atoms with Gasteiger partial charge < -0.3 is 11.1 Å². The Balaban J connectivity index is 2.01. The Morgan fingerprint density at radius 3 is 2.21 bits per heavy atom. The molecule has 3 nitrogen and oxygen atoms in total. The minimum absolute atomic E-state index is 0.172. The van der Waals surface area contributed by atoms with Gasteiger partial charge in [0.15, 0.2) is 0 Å². The van der Waals surface area contributed by atoms with E-state index in [0.29, 0.717) is 6.54 Å². The third-order valence-corrected chi connectivity index (χ3v) is 3.09. The van der Waals surface area contributed by atoms with Gasteiger partial charge in [0.1, 0.15) is 0 Å². The highest BCUT2D eigenvalue weighted by atomic mass is 16.1. The summed E-state index contributed by atoms with van der Waals surface area (Å²) in [6.45, 7) is 2.37. The van der Waals surface area contributed by atoms with Crippen LogP contribution in [0, 0.1) is 5.92 Å². The van der Waals surface area contributed by atoms with Gasteiger partial charge in [0.25, 0.3) is 0 Å². The second-order valence-corrected chi connectivity index (χ2v) is 4.63. The molecule has 0 saturated heterocycles. The second-order valence-electron chi connectivity index (χ2n) is 4.63. The molecule has 0 aliphatic rings. The fourth-order valence-corrected chi connectivity index (χ4v) is 1.78. The molecule has 0 radical (unpaired) electrons. The number of nitrogens with one attached hydrogen (secondary N) is 1. The average Bonchev–Trinajstić information content (AvgIpc) is 2.46. The van der Waals surface area contributed by atoms with E-state index in [1.165, 1.54) is 11.1 Å². The van der Waals surface area contributed by atoms with E-state index in [1.54, 1.807) is 0 Å². The molecule has 0 fully saturated rings. The van der Waals surface area contributed by atoms with Gasteiger partial charge in [0.05, 0.1) is 5.92 Å². The molecule has 0 aliphatic carbocycles. The van der Waals surface area contributed by atoms with Crippen LogP contribution in [0.1, 0.15) is 6.92 Å². The van der Waals surface area contributed by atoms with E-state index in [2.05, 4.69) is 29.6 Å². The largest absolute Gasteiger partial charge is 0.384 e. The van der Waals surface area contributed by atoms with Crippen molar-refractivity contribution >= 4 is 11.6 Å². The lowest BCUT2D eigenvalue weighted by molar-refractivity contribution is -0.120. The highest BCUT2D eigenvalue weighted by Gasteiger charge is 2.07. The first-order chi connectivity index (χ1) is 9.16. The summed E-state index contributed by atoms with van der Waals surface area (Å²) in [7, 11) is 0. The Bertz CT molecular complexity index is 534. The lowest BCUT2D eigenvalue weighted by atomic mass is 10.1. The minimum Gasteiger partial charge on any atom is -0.384 e. The first kappa shape index (κ1) is 13.1. The van der Waals surface area contributed by atoms with Gasteiger partial charge in [-0.25, -0.2) is 0 Å². The molecule has 1 amide bonds. The van der Waals surface area contributed by atoms with E-state index >= 15 is 0 Å². The molecule has 0 aliphatic heterocycles. The maximum absolute atomic E-state index is 10.9. The summed E-state index contributed by atoms with van der Waals surface area (Å²) in [6, 6.07) is 18.4. The highest BCUT2D eigenvalue weighted by Crippen LogP contribution is 2.21. The first-order valence-corrected chi connectivity index (χ1v) is 6.35. The normalized spacial score (nSPS) is 11.8. The Labute approximate surface area is 113 Å². The van der Waals surface area contributed by atoms with Crippen molar-refractivity contribution in [3.8, 4) is 11.1 Å². The minimum atomic E-state index is -0.284. The standard InChI is InChI=1S/C16H18N2O/c1-12(16(17)19)11-18-15-9-7-14(8-10-15)13-5-3-2-4-6-13/h2-10,12,18H,11H2,1H3,(H2,17,19). The van der Waals surface area contributed by atoms with Gasteiger partial charge >= 0.3 is 0 Å². The SMILES string of the molecule is CC(CNc1ccc(-c2ccccc2)cc1)C(N)=O. The van der Waals surface area contributed by atoms with E-state index in [0.717, 1.165) is 5.69 Å². The molecule has 0 bridgehead atoms. The summed E-state index contributed by atoms with van der Waals surface area (Å²) in [5.41, 5.74) is 8.58. The zero-order valence-corrected chi connectivity index (χ0v) is 11.0. The van der Waals surface area contributed by atoms with Crippen LogP contribution in [-0.2, 0) is 4.79 Å². The Morgan fingerprint density at radius 2 is 1.63 bits per heavy atom. The molecule has 3 N–H and O–H groups in total. The summed E-state index contributed by atoms with van der Waals surface area (Å²) in [4.78, 5) is 10.9. The molecular weight excluding hydrogens is 236 g/mol. The molecule has 2 aromatic rings. The van der Waals surface area contributed by atoms with Gasteiger partial charge in [-0.2, -0.15) is 0 Å². The van der Waals surface area contributed by atoms with Crippen LogP contribution < -0.4 is 11.1 Å². The molecule has 1 unspecified atom stereocenters. The van der Waals surface area contributed by atoms with E-state index in [-0.39, 0.29) is 11.8 Å². The summed E-state index contributed by atoms with van der Waals surface area (Å²) in [5.74, 6) is -0.456. The average molecular weight is 254 g/mol. The summed E-state index contributed by atoms with van der Waals surface area (Å²) >= 11 is 0. The number of hydrogen-bond donors (Lipinski definition) is 2. The molecule has 1 atom stereocenters. The smallest absolute Gasteiger partial charge is 0.222 e. The number of benzene rings is 2. The predicted molar refractivity (Wildman–Crippen MR) is 78.7 cm³/mol. The van der Waals surface area contributed by atoms with Crippen LogP contribution in [0.5, 0.6) is 0 Å². The van der Waals surface area contributed by atoms with Crippen molar-refractivity contribution in [1.29, 1.82) is 0 Å². The van der Waals surface area contributed by atoms with Crippen LogP contribution >= 0.6 is 0 Å². The molecule has 3 heteroatoms. The van der Waals surface area contributed by atoms with Crippen molar-refractivity contribution in [3.05, 3.63) is 54.6 Å². The van der Waals surface area contributed by atoms with Crippen molar-refractivity contribution < 1.29 is 4.79 Å². The Hall–Kier alpha value is -2.29. The van der Waals surface area contributed by atoms with Gasteiger partial charge in [0, 0.05) is 12.2 Å². The van der Waals surface area contributed by atoms with Crippen LogP contribution in [0.3, 0.4) is 0 Å². The van der Waals surface area contributed by atoms with E-state index in [1.807, 2.05) is 37.3 Å². The molecule has 0 heterocycles. The van der Waals surface area contributed by atoms with Crippen LogP contribution in [0.25, 0.3) is 11.1 Å². The molecule has 0 spiro atoms. The number of carbonyl (C=O) groups is 1. The molecule has 98 valence electrons. The third-order valence-electron chi connectivity index (χ3n) is 3.09. The van der Waals surface area contributed by atoms with Crippen molar-refractivity contribution in [3.63, 3.8) is 0 Å². The fourth-order valence-electron chi connectivity index (χ4n) is 1.78. The number of rotatable bonds is 5. The van der Waals surface area contributed by atoms with Crippen molar-refractivity contribution in [1.82, 2.24) is 0 Å². The van der Waals surface area contributed by atoms with Crippen LogP contribution in [0.2, 0.25) is 0 Å². The molecule has 0 aromatic heterocycles. The quantitative estimate of drug-likeness (QED) is 0.862. The van der Waals surface area contributed by atoms with E-state index in [9.17, 15) is 4.79 Å². The van der Waals surface area contributed by atoms with E-state index < -0.39 is 0 Å². The van der Waals surface area contributed by atoms with Gasteiger partial charge in [-0.05, 0) is 23.3 Å². The van der Waals surface area contributed by atoms with Crippen LogP contribution in [0.15, 0.2) is 54.6 Å². The van der Waals surface area contributed by atoms with Crippen molar-refractivity contribution in [2.45, 2.75) is 6.92 Å². The number of anilines is 1. The number of hydrogen-bond acceptors (Lipinski definition) is 2. The third kappa shape index (κ3) is 3.58. The molecule has 19 heavy (non-hydrogen) atoms. The predicted octanol–water partition coefficient (Wildman–Crippen LogP) is 2.89. The maximum Gasteiger partial charge on any atom is 0.222 e. The zero-order chi connectivity index (χ0) is 13.7. The summed E-state index contributed by atoms with van der Waals surface area (Å²) in [6.07, 6.45) is 0. The molecule has 2 rings (SSSR count). The van der Waals surface area contributed by atoms with Crippen molar-refractivity contribution in [2.24, 2.45) is 11.7 Å². The fraction of sp³-hybridized carbons (Fsp3) is 0.188. The zero-order valence-electron chi connectivity index (χ0n) is 11.0. The second kappa shape index (κ2) is 6.05. The van der Waals surface area contributed by atoms with Gasteiger partial charge in [-0.15, -0.1) is 0 Å². The monoisotopic (exact) mass is 254 g/mol. The number of primary amides is 1. The molecule has 2 aromatic carbocycles. The molecule has 0 saturated carbocycles. The van der Waals surface area contributed by atoms with Crippen molar-refractivity contribution in [2.75, 3.05) is 11.9 Å². The number of carbonyl (C=O) groups excluding carboxylic acids is 1. The van der Waals surface area contributed by atoms with Gasteiger partial charge in [0.2, 0.25) is 5.91 Å². The van der Waals surface area contributed by atoms with Crippen LogP contribution in [-0.4, -0.2) is 12.5 Å². The maximum atomic E-state index is 10.9. The van der Waals surface area contributed by atoms with Crippen LogP contribution in [0.4, 0.5) is 5.69 Å². The summed E-state index contributed by atoms with van der Waals surface area (Å²) < 4.78 is 0. The highest BCUT2D eigenvalue weighted by molar-refractivity contribution is 5.77. The van der Waals surface area contributed by atoms with Gasteiger partial charge in [-0.1, -0.05) is 49.4 Å². The summed E-state index contributed by atoms with van der Waals surface area (Å²) in [5, 5.41) is 3.20. The topological polar surface area (TPSA) is 55.1 Å². The lowest BCUT2D eigenvalue weighted by Gasteiger charge is -2.11. The first-order valence-electron chi connectivity index (χ1n) is 6.35. The molecular formula is C16H18N2O. The number of nitrogens with two attached hydrogens (primary N) is 1.